The molecule has 0 aliphatic heterocycles. The van der Waals surface area contributed by atoms with Gasteiger partial charge in [-0.2, -0.15) is 0 Å². The molecular weight excluding hydrogens is 350 g/mol. The Morgan fingerprint density at radius 1 is 1.07 bits per heavy atom. The first kappa shape index (κ1) is 17.8. The highest BCUT2D eigenvalue weighted by Gasteiger charge is 2.11. The van der Waals surface area contributed by atoms with Crippen LogP contribution >= 0.6 is 0 Å². The van der Waals surface area contributed by atoms with Crippen molar-refractivity contribution in [3.05, 3.63) is 83.7 Å². The number of pyridine rings is 1. The van der Waals surface area contributed by atoms with E-state index in [9.17, 15) is 9.90 Å². The summed E-state index contributed by atoms with van der Waals surface area (Å²) in [6.07, 6.45) is 2.29. The van der Waals surface area contributed by atoms with Crippen molar-refractivity contribution < 1.29 is 9.90 Å². The topological polar surface area (TPSA) is 78.0 Å². The molecule has 5 nitrogen and oxygen atoms in total. The van der Waals surface area contributed by atoms with Crippen molar-refractivity contribution >= 4 is 16.8 Å². The van der Waals surface area contributed by atoms with Crippen molar-refractivity contribution in [2.75, 3.05) is 6.54 Å². The minimum absolute atomic E-state index is 0.158. The van der Waals surface area contributed by atoms with E-state index in [1.807, 2.05) is 18.2 Å². The highest BCUT2D eigenvalue weighted by molar-refractivity contribution is 5.94. The lowest BCUT2D eigenvalue weighted by atomic mass is 10.1. The predicted octanol–water partition coefficient (Wildman–Crippen LogP) is 4.22. The minimum Gasteiger partial charge on any atom is -0.507 e. The highest BCUT2D eigenvalue weighted by Crippen LogP contribution is 2.26. The molecule has 0 fully saturated rings. The van der Waals surface area contributed by atoms with Crippen LogP contribution in [0.2, 0.25) is 0 Å². The number of phenolic OH excluding ortho intramolecular Hbond substituents is 1. The molecule has 0 aliphatic rings. The molecule has 140 valence electrons. The fraction of sp³-hybridized carbons (Fsp3) is 0.130. The number of carbonyl (C=O) groups is 1. The third-order valence-electron chi connectivity index (χ3n) is 4.89. The van der Waals surface area contributed by atoms with Gasteiger partial charge in [0.05, 0.1) is 11.3 Å². The average molecular weight is 371 g/mol. The molecule has 2 heterocycles. The third-order valence-corrected chi connectivity index (χ3v) is 4.89. The van der Waals surface area contributed by atoms with Crippen molar-refractivity contribution in [1.82, 2.24) is 15.3 Å². The highest BCUT2D eigenvalue weighted by atomic mass is 16.3. The van der Waals surface area contributed by atoms with Gasteiger partial charge in [-0.3, -0.25) is 9.78 Å². The molecule has 0 bridgehead atoms. The van der Waals surface area contributed by atoms with E-state index in [0.29, 0.717) is 23.4 Å². The molecule has 28 heavy (non-hydrogen) atoms. The SMILES string of the molecule is Cc1[nH]c2ccccc2c1CCNC(=O)c1ccc(-c2ccccc2O)nc1. The van der Waals surface area contributed by atoms with Gasteiger partial charge in [-0.25, -0.2) is 0 Å². The quantitative estimate of drug-likeness (QED) is 0.492. The number of para-hydroxylation sites is 2. The largest absolute Gasteiger partial charge is 0.507 e. The van der Waals surface area contributed by atoms with E-state index >= 15 is 0 Å². The summed E-state index contributed by atoms with van der Waals surface area (Å²) < 4.78 is 0. The van der Waals surface area contributed by atoms with Gasteiger partial charge in [0.25, 0.3) is 5.91 Å². The van der Waals surface area contributed by atoms with Crippen LogP contribution in [0.4, 0.5) is 0 Å². The van der Waals surface area contributed by atoms with E-state index in [4.69, 9.17) is 0 Å². The Balaban J connectivity index is 1.41. The number of carbonyl (C=O) groups excluding carboxylic acids is 1. The number of H-pyrrole nitrogens is 1. The van der Waals surface area contributed by atoms with E-state index in [0.717, 1.165) is 17.6 Å². The lowest BCUT2D eigenvalue weighted by Gasteiger charge is -2.07. The second-order valence-electron chi connectivity index (χ2n) is 6.73. The van der Waals surface area contributed by atoms with Gasteiger partial charge in [-0.05, 0) is 49.2 Å². The van der Waals surface area contributed by atoms with Gasteiger partial charge >= 0.3 is 0 Å². The first-order chi connectivity index (χ1) is 13.6. The van der Waals surface area contributed by atoms with Crippen LogP contribution in [0.15, 0.2) is 66.9 Å². The number of amides is 1. The molecule has 0 spiro atoms. The number of hydrogen-bond donors (Lipinski definition) is 3. The maximum atomic E-state index is 12.4. The molecule has 0 saturated heterocycles. The summed E-state index contributed by atoms with van der Waals surface area (Å²) in [5, 5.41) is 14.1. The maximum absolute atomic E-state index is 12.4. The first-order valence-corrected chi connectivity index (χ1v) is 9.22. The molecule has 2 aromatic carbocycles. The summed E-state index contributed by atoms with van der Waals surface area (Å²) in [6, 6.07) is 18.7. The zero-order chi connectivity index (χ0) is 19.5. The molecular formula is C23H21N3O2. The van der Waals surface area contributed by atoms with E-state index in [1.54, 1.807) is 30.3 Å². The zero-order valence-corrected chi connectivity index (χ0v) is 15.6. The van der Waals surface area contributed by atoms with Crippen molar-refractivity contribution in [2.24, 2.45) is 0 Å². The molecule has 4 aromatic rings. The van der Waals surface area contributed by atoms with Gasteiger partial charge in [0, 0.05) is 34.9 Å². The van der Waals surface area contributed by atoms with Crippen LogP contribution in [0.5, 0.6) is 5.75 Å². The van der Waals surface area contributed by atoms with Gasteiger partial charge in [0.2, 0.25) is 0 Å². The van der Waals surface area contributed by atoms with Gasteiger partial charge in [0.1, 0.15) is 5.75 Å². The average Bonchev–Trinajstić information content (AvgIpc) is 3.04. The number of phenols is 1. The first-order valence-electron chi connectivity index (χ1n) is 9.22. The van der Waals surface area contributed by atoms with Gasteiger partial charge in [-0.15, -0.1) is 0 Å². The van der Waals surface area contributed by atoms with Crippen molar-refractivity contribution in [2.45, 2.75) is 13.3 Å². The molecule has 3 N–H and O–H groups in total. The van der Waals surface area contributed by atoms with Crippen LogP contribution in [0.3, 0.4) is 0 Å². The van der Waals surface area contributed by atoms with Crippen LogP contribution in [-0.4, -0.2) is 27.5 Å². The van der Waals surface area contributed by atoms with Crippen molar-refractivity contribution in [3.8, 4) is 17.0 Å². The number of fused-ring (bicyclic) bond motifs is 1. The van der Waals surface area contributed by atoms with Crippen LogP contribution < -0.4 is 5.32 Å². The van der Waals surface area contributed by atoms with E-state index < -0.39 is 0 Å². The number of nitrogens with one attached hydrogen (secondary N) is 2. The van der Waals surface area contributed by atoms with Crippen molar-refractivity contribution in [1.29, 1.82) is 0 Å². The second-order valence-corrected chi connectivity index (χ2v) is 6.73. The molecule has 0 atom stereocenters. The van der Waals surface area contributed by atoms with E-state index in [-0.39, 0.29) is 11.7 Å². The van der Waals surface area contributed by atoms with E-state index in [2.05, 4.69) is 34.3 Å². The molecule has 0 radical (unpaired) electrons. The van der Waals surface area contributed by atoms with Crippen LogP contribution in [0, 0.1) is 6.92 Å². The molecule has 0 unspecified atom stereocenters. The number of aromatic nitrogens is 2. The maximum Gasteiger partial charge on any atom is 0.252 e. The van der Waals surface area contributed by atoms with Gasteiger partial charge < -0.3 is 15.4 Å². The molecule has 0 saturated carbocycles. The molecule has 1 amide bonds. The van der Waals surface area contributed by atoms with Gasteiger partial charge in [0.15, 0.2) is 0 Å². The van der Waals surface area contributed by atoms with Crippen LogP contribution in [0.25, 0.3) is 22.2 Å². The summed E-state index contributed by atoms with van der Waals surface area (Å²) in [7, 11) is 0. The second kappa shape index (κ2) is 7.56. The predicted molar refractivity (Wildman–Crippen MR) is 110 cm³/mol. The van der Waals surface area contributed by atoms with Crippen molar-refractivity contribution in [3.63, 3.8) is 0 Å². The zero-order valence-electron chi connectivity index (χ0n) is 15.6. The van der Waals surface area contributed by atoms with Crippen LogP contribution in [0.1, 0.15) is 21.6 Å². The number of aromatic hydroxyl groups is 1. The van der Waals surface area contributed by atoms with Gasteiger partial charge in [-0.1, -0.05) is 30.3 Å². The van der Waals surface area contributed by atoms with Crippen LogP contribution in [-0.2, 0) is 6.42 Å². The Bertz CT molecular complexity index is 1130. The Morgan fingerprint density at radius 3 is 2.64 bits per heavy atom. The monoisotopic (exact) mass is 371 g/mol. The standard InChI is InChI=1S/C23H21N3O2/c1-15-17(18-6-2-4-8-21(18)26-15)12-13-24-23(28)16-10-11-20(25-14-16)19-7-3-5-9-22(19)27/h2-11,14,26-27H,12-13H2,1H3,(H,24,28). The summed E-state index contributed by atoms with van der Waals surface area (Å²) >= 11 is 0. The third kappa shape index (κ3) is 3.47. The number of aromatic amines is 1. The molecule has 5 heteroatoms. The summed E-state index contributed by atoms with van der Waals surface area (Å²) in [6.45, 7) is 2.60. The Labute approximate surface area is 163 Å². The Morgan fingerprint density at radius 2 is 1.86 bits per heavy atom. The normalized spacial score (nSPS) is 10.9. The number of aryl methyl sites for hydroxylation is 1. The lowest BCUT2D eigenvalue weighted by Crippen LogP contribution is -2.25. The summed E-state index contributed by atoms with van der Waals surface area (Å²) in [4.78, 5) is 20.1. The van der Waals surface area contributed by atoms with E-state index in [1.165, 1.54) is 17.1 Å². The number of hydrogen-bond acceptors (Lipinski definition) is 3. The minimum atomic E-state index is -0.158. The summed E-state index contributed by atoms with van der Waals surface area (Å²) in [5.41, 5.74) is 5.24. The number of rotatable bonds is 5. The lowest BCUT2D eigenvalue weighted by molar-refractivity contribution is 0.0954. The molecule has 0 aliphatic carbocycles. The smallest absolute Gasteiger partial charge is 0.252 e. The Kier molecular flexibility index (Phi) is 4.81. The number of benzene rings is 2. The Hall–Kier alpha value is -3.60. The summed E-state index contributed by atoms with van der Waals surface area (Å²) in [5.74, 6) is 0.00938. The molecule has 2 aromatic heterocycles. The fourth-order valence-electron chi connectivity index (χ4n) is 3.44. The fourth-order valence-corrected chi connectivity index (χ4v) is 3.44. The molecule has 4 rings (SSSR count). The number of nitrogens with zero attached hydrogens (tertiary/aromatic N) is 1.